The standard InChI is InChI=1S/C24H41IO5S/c1-2-3-4-5-6-7-8-9-10-11-12-13-14-15-16-17-21-30-22-19-18-20-23(24(22)25-26)31(27,28)29/h18-20H,2-17,21H2,1H3,(H,27,28,29). The van der Waals surface area contributed by atoms with Crippen molar-refractivity contribution in [2.75, 3.05) is 6.61 Å². The van der Waals surface area contributed by atoms with Crippen molar-refractivity contribution in [3.63, 3.8) is 0 Å². The molecule has 7 heteroatoms. The predicted octanol–water partition coefficient (Wildman–Crippen LogP) is 8.06. The molecule has 31 heavy (non-hydrogen) atoms. The topological polar surface area (TPSA) is 80.7 Å². The normalized spacial score (nSPS) is 11.7. The van der Waals surface area contributed by atoms with Crippen LogP contribution in [0.4, 0.5) is 0 Å². The van der Waals surface area contributed by atoms with Crippen LogP contribution in [0.5, 0.6) is 5.75 Å². The lowest BCUT2D eigenvalue weighted by Gasteiger charge is -2.10. The molecule has 180 valence electrons. The van der Waals surface area contributed by atoms with Gasteiger partial charge < -0.3 is 4.74 Å². The van der Waals surface area contributed by atoms with Gasteiger partial charge in [-0.25, -0.2) is 0 Å². The van der Waals surface area contributed by atoms with Gasteiger partial charge in [-0.15, -0.1) is 0 Å². The number of halogens is 1. The molecule has 0 heterocycles. The maximum Gasteiger partial charge on any atom is 0.295 e. The smallest absolute Gasteiger partial charge is 0.295 e. The second-order valence-corrected chi connectivity index (χ2v) is 11.2. The molecule has 0 aliphatic heterocycles. The molecule has 1 rings (SSSR count). The summed E-state index contributed by atoms with van der Waals surface area (Å²) < 4.78 is 49.2. The Morgan fingerprint density at radius 2 is 1.23 bits per heavy atom. The minimum Gasteiger partial charge on any atom is -0.492 e. The highest BCUT2D eigenvalue weighted by Gasteiger charge is 2.19. The third kappa shape index (κ3) is 13.6. The van der Waals surface area contributed by atoms with Gasteiger partial charge in [0.1, 0.15) is 14.2 Å². The molecule has 0 amide bonds. The number of hydrogen-bond acceptors (Lipinski definition) is 4. The number of benzene rings is 1. The molecule has 1 N–H and O–H groups in total. The van der Waals surface area contributed by atoms with Crippen LogP contribution in [0.3, 0.4) is 0 Å². The number of unbranched alkanes of at least 4 members (excludes halogenated alkanes) is 15. The fraction of sp³-hybridized carbons (Fsp3) is 0.750. The largest absolute Gasteiger partial charge is 0.492 e. The quantitative estimate of drug-likeness (QED) is 0.0978. The maximum atomic E-state index is 11.5. The lowest BCUT2D eigenvalue weighted by atomic mass is 10.0. The summed E-state index contributed by atoms with van der Waals surface area (Å²) in [7, 11) is -4.38. The lowest BCUT2D eigenvalue weighted by molar-refractivity contribution is 0.301. The van der Waals surface area contributed by atoms with E-state index >= 15 is 0 Å². The minimum absolute atomic E-state index is 0.111. The molecule has 0 bridgehead atoms. The summed E-state index contributed by atoms with van der Waals surface area (Å²) in [5.41, 5.74) is 0. The van der Waals surface area contributed by atoms with E-state index in [-0.39, 0.29) is 8.47 Å². The summed E-state index contributed by atoms with van der Waals surface area (Å²) >= 11 is -1.76. The van der Waals surface area contributed by atoms with Crippen molar-refractivity contribution < 1.29 is 20.8 Å². The van der Waals surface area contributed by atoms with Crippen LogP contribution in [0.2, 0.25) is 0 Å². The second-order valence-electron chi connectivity index (χ2n) is 8.27. The molecule has 0 unspecified atom stereocenters. The van der Waals surface area contributed by atoms with E-state index in [4.69, 9.17) is 4.74 Å². The fourth-order valence-electron chi connectivity index (χ4n) is 3.71. The Kier molecular flexibility index (Phi) is 16.5. The van der Waals surface area contributed by atoms with Crippen LogP contribution in [0.1, 0.15) is 110 Å². The molecule has 0 atom stereocenters. The van der Waals surface area contributed by atoms with Gasteiger partial charge in [0.2, 0.25) is 0 Å². The van der Waals surface area contributed by atoms with Crippen LogP contribution in [0.15, 0.2) is 23.1 Å². The molecule has 0 aliphatic carbocycles. The van der Waals surface area contributed by atoms with Crippen LogP contribution >= 0.6 is 21.2 Å². The second kappa shape index (κ2) is 18.0. The van der Waals surface area contributed by atoms with Crippen LogP contribution in [-0.4, -0.2) is 19.6 Å². The highest BCUT2D eigenvalue weighted by molar-refractivity contribution is 14.1. The highest BCUT2D eigenvalue weighted by Crippen LogP contribution is 2.30. The van der Waals surface area contributed by atoms with Gasteiger partial charge in [0.25, 0.3) is 10.1 Å². The summed E-state index contributed by atoms with van der Waals surface area (Å²) in [6.07, 6.45) is 20.8. The zero-order chi connectivity index (χ0) is 22.8. The zero-order valence-corrected chi connectivity index (χ0v) is 22.1. The Morgan fingerprint density at radius 1 is 0.774 bits per heavy atom. The third-order valence-corrected chi connectivity index (χ3v) is 8.35. The summed E-state index contributed by atoms with van der Waals surface area (Å²) in [6, 6.07) is 4.35. The van der Waals surface area contributed by atoms with Crippen LogP contribution in [0, 0.1) is 3.57 Å². The van der Waals surface area contributed by atoms with E-state index in [2.05, 4.69) is 6.92 Å². The first-order chi connectivity index (χ1) is 15.0. The van der Waals surface area contributed by atoms with Crippen molar-refractivity contribution in [1.82, 2.24) is 0 Å². The lowest BCUT2D eigenvalue weighted by Crippen LogP contribution is -2.05. The van der Waals surface area contributed by atoms with Crippen molar-refractivity contribution in [2.45, 2.75) is 115 Å². The van der Waals surface area contributed by atoms with Gasteiger partial charge in [0, 0.05) is 0 Å². The van der Waals surface area contributed by atoms with E-state index in [1.54, 1.807) is 6.07 Å². The Hall–Kier alpha value is -0.540. The van der Waals surface area contributed by atoms with Gasteiger partial charge in [-0.3, -0.25) is 7.62 Å². The van der Waals surface area contributed by atoms with Gasteiger partial charge >= 0.3 is 0 Å². The van der Waals surface area contributed by atoms with Crippen molar-refractivity contribution in [3.05, 3.63) is 21.8 Å². The number of ether oxygens (including phenoxy) is 1. The molecule has 0 saturated heterocycles. The van der Waals surface area contributed by atoms with Gasteiger partial charge in [0.15, 0.2) is 21.2 Å². The fourth-order valence-corrected chi connectivity index (χ4v) is 6.28. The van der Waals surface area contributed by atoms with Crippen molar-refractivity contribution in [2.24, 2.45) is 0 Å². The molecule has 1 aromatic rings. The van der Waals surface area contributed by atoms with E-state index in [0.717, 1.165) is 12.8 Å². The molecule has 0 aromatic heterocycles. The van der Waals surface area contributed by atoms with Crippen LogP contribution in [0.25, 0.3) is 0 Å². The summed E-state index contributed by atoms with van der Waals surface area (Å²) in [5, 5.41) is 0. The molecule has 0 fully saturated rings. The first-order valence-electron chi connectivity index (χ1n) is 12.0. The van der Waals surface area contributed by atoms with Crippen molar-refractivity contribution >= 4 is 31.3 Å². The maximum absolute atomic E-state index is 11.5. The molecule has 0 spiro atoms. The molecule has 0 aliphatic rings. The summed E-state index contributed by atoms with van der Waals surface area (Å²) in [5.74, 6) is 0.305. The van der Waals surface area contributed by atoms with Gasteiger partial charge in [-0.1, -0.05) is 109 Å². The summed E-state index contributed by atoms with van der Waals surface area (Å²) in [4.78, 5) is -0.306. The Morgan fingerprint density at radius 3 is 1.65 bits per heavy atom. The summed E-state index contributed by atoms with van der Waals surface area (Å²) in [6.45, 7) is 2.73. The highest BCUT2D eigenvalue weighted by atomic mass is 127. The van der Waals surface area contributed by atoms with E-state index in [9.17, 15) is 16.0 Å². The zero-order valence-electron chi connectivity index (χ0n) is 19.1. The van der Waals surface area contributed by atoms with Crippen molar-refractivity contribution in [1.29, 1.82) is 0 Å². The van der Waals surface area contributed by atoms with Crippen molar-refractivity contribution in [3.8, 4) is 5.75 Å². The van der Waals surface area contributed by atoms with Gasteiger partial charge in [-0.05, 0) is 18.6 Å². The third-order valence-electron chi connectivity index (χ3n) is 5.54. The molecular formula is C24H41IO5S. The minimum atomic E-state index is -4.38. The van der Waals surface area contributed by atoms with Gasteiger partial charge in [-0.2, -0.15) is 8.42 Å². The molecule has 0 saturated carbocycles. The molecule has 5 nitrogen and oxygen atoms in total. The van der Waals surface area contributed by atoms with Crippen LogP contribution < -0.4 is 4.74 Å². The van der Waals surface area contributed by atoms with E-state index in [0.29, 0.717) is 12.4 Å². The van der Waals surface area contributed by atoms with Gasteiger partial charge in [0.05, 0.1) is 6.61 Å². The van der Waals surface area contributed by atoms with E-state index < -0.39 is 31.3 Å². The molecule has 0 radical (unpaired) electrons. The van der Waals surface area contributed by atoms with Crippen LogP contribution in [-0.2, 0) is 13.2 Å². The Bertz CT molecular complexity index is 706. The first-order valence-corrected chi connectivity index (χ1v) is 15.4. The SMILES string of the molecule is CCCCCCCCCCCCCCCCCCOc1cccc(S(=O)(=O)O)c1I=O. The Balaban J connectivity index is 1.99. The molecule has 1 aromatic carbocycles. The average Bonchev–Trinajstić information content (AvgIpc) is 2.75. The number of hydrogen-bond donors (Lipinski definition) is 1. The monoisotopic (exact) mass is 568 g/mol. The van der Waals surface area contributed by atoms with E-state index in [1.807, 2.05) is 0 Å². The van der Waals surface area contributed by atoms with E-state index in [1.165, 1.54) is 102 Å². The number of rotatable bonds is 20. The predicted molar refractivity (Wildman–Crippen MR) is 135 cm³/mol. The Labute approximate surface area is 200 Å². The average molecular weight is 569 g/mol. The molecular weight excluding hydrogens is 527 g/mol. The first kappa shape index (κ1) is 28.5.